The molecular formula is C20H30N4O3. The van der Waals surface area contributed by atoms with Crippen molar-refractivity contribution in [2.24, 2.45) is 11.7 Å². The summed E-state index contributed by atoms with van der Waals surface area (Å²) in [5.41, 5.74) is 6.42. The number of carbonyl (C=O) groups is 2. The molecule has 2 amide bonds. The highest BCUT2D eigenvalue weighted by atomic mass is 16.5. The van der Waals surface area contributed by atoms with Crippen LogP contribution in [0.25, 0.3) is 0 Å². The van der Waals surface area contributed by atoms with Gasteiger partial charge in [-0.15, -0.1) is 0 Å². The number of pyridine rings is 1. The lowest BCUT2D eigenvalue weighted by atomic mass is 9.95. The monoisotopic (exact) mass is 374 g/mol. The molecule has 0 spiro atoms. The molecule has 1 atom stereocenters. The Kier molecular flexibility index (Phi) is 6.31. The first-order chi connectivity index (χ1) is 13.0. The molecule has 27 heavy (non-hydrogen) atoms. The molecule has 0 aromatic carbocycles. The van der Waals surface area contributed by atoms with Gasteiger partial charge in [-0.3, -0.25) is 19.5 Å². The number of rotatable bonds is 5. The van der Waals surface area contributed by atoms with E-state index in [1.807, 2.05) is 31.0 Å². The molecule has 7 nitrogen and oxygen atoms in total. The molecule has 2 aliphatic heterocycles. The number of primary amides is 1. The van der Waals surface area contributed by atoms with Gasteiger partial charge in [0, 0.05) is 50.1 Å². The van der Waals surface area contributed by atoms with Gasteiger partial charge >= 0.3 is 0 Å². The number of carbonyl (C=O) groups excluding carboxylic acids is 2. The Hall–Kier alpha value is -2.15. The number of piperidine rings is 2. The molecule has 2 fully saturated rings. The fourth-order valence-corrected chi connectivity index (χ4v) is 3.96. The predicted octanol–water partition coefficient (Wildman–Crippen LogP) is 1.35. The molecule has 1 aromatic heterocycles. The van der Waals surface area contributed by atoms with Crippen molar-refractivity contribution in [3.8, 4) is 5.75 Å². The second-order valence-corrected chi connectivity index (χ2v) is 7.67. The van der Waals surface area contributed by atoms with Crippen molar-refractivity contribution in [2.45, 2.75) is 51.7 Å². The molecule has 7 heteroatoms. The minimum absolute atomic E-state index is 0.0890. The van der Waals surface area contributed by atoms with Gasteiger partial charge in [-0.05, 0) is 45.6 Å². The Morgan fingerprint density at radius 1 is 1.19 bits per heavy atom. The molecular weight excluding hydrogens is 344 g/mol. The van der Waals surface area contributed by atoms with Crippen LogP contribution in [0.2, 0.25) is 0 Å². The number of hydrogen-bond acceptors (Lipinski definition) is 5. The molecule has 1 unspecified atom stereocenters. The molecule has 0 bridgehead atoms. The molecule has 0 aliphatic carbocycles. The SMILES string of the molecule is Cc1cnccc1OC1CCN(C(C)C(=O)N2CCC(C(N)=O)CC2)CC1. The molecule has 3 rings (SSSR count). The van der Waals surface area contributed by atoms with E-state index < -0.39 is 0 Å². The number of nitrogens with zero attached hydrogens (tertiary/aromatic N) is 3. The highest BCUT2D eigenvalue weighted by molar-refractivity contribution is 5.82. The Balaban J connectivity index is 1.47. The van der Waals surface area contributed by atoms with Crippen LogP contribution >= 0.6 is 0 Å². The number of likely N-dealkylation sites (tertiary alicyclic amines) is 2. The van der Waals surface area contributed by atoms with E-state index in [2.05, 4.69) is 9.88 Å². The summed E-state index contributed by atoms with van der Waals surface area (Å²) in [6, 6.07) is 1.77. The van der Waals surface area contributed by atoms with Gasteiger partial charge in [0.25, 0.3) is 0 Å². The van der Waals surface area contributed by atoms with Gasteiger partial charge in [-0.25, -0.2) is 0 Å². The molecule has 148 valence electrons. The zero-order valence-corrected chi connectivity index (χ0v) is 16.3. The van der Waals surface area contributed by atoms with Gasteiger partial charge in [0.05, 0.1) is 6.04 Å². The maximum absolute atomic E-state index is 12.8. The second-order valence-electron chi connectivity index (χ2n) is 7.67. The Morgan fingerprint density at radius 2 is 1.85 bits per heavy atom. The average Bonchev–Trinajstić information content (AvgIpc) is 2.69. The lowest BCUT2D eigenvalue weighted by molar-refractivity contribution is -0.140. The molecule has 3 heterocycles. The van der Waals surface area contributed by atoms with Crippen LogP contribution in [0.1, 0.15) is 38.2 Å². The third kappa shape index (κ3) is 4.77. The smallest absolute Gasteiger partial charge is 0.239 e. The van der Waals surface area contributed by atoms with E-state index in [1.165, 1.54) is 0 Å². The maximum atomic E-state index is 12.8. The number of aromatic nitrogens is 1. The number of amides is 2. The van der Waals surface area contributed by atoms with E-state index >= 15 is 0 Å². The topological polar surface area (TPSA) is 88.8 Å². The normalized spacial score (nSPS) is 21.0. The van der Waals surface area contributed by atoms with Crippen LogP contribution in [-0.2, 0) is 9.59 Å². The molecule has 2 saturated heterocycles. The molecule has 0 saturated carbocycles. The van der Waals surface area contributed by atoms with Crippen molar-refractivity contribution >= 4 is 11.8 Å². The van der Waals surface area contributed by atoms with Gasteiger partial charge in [-0.1, -0.05) is 0 Å². The number of aryl methyl sites for hydroxylation is 1. The van der Waals surface area contributed by atoms with Crippen molar-refractivity contribution in [1.82, 2.24) is 14.8 Å². The molecule has 0 radical (unpaired) electrons. The van der Waals surface area contributed by atoms with Gasteiger partial charge < -0.3 is 15.4 Å². The highest BCUT2D eigenvalue weighted by Gasteiger charge is 2.32. The minimum atomic E-state index is -0.248. The fraction of sp³-hybridized carbons (Fsp3) is 0.650. The second kappa shape index (κ2) is 8.69. The lowest BCUT2D eigenvalue weighted by Crippen LogP contribution is -2.52. The van der Waals surface area contributed by atoms with E-state index in [4.69, 9.17) is 10.5 Å². The zero-order valence-electron chi connectivity index (χ0n) is 16.3. The summed E-state index contributed by atoms with van der Waals surface area (Å²) in [5.74, 6) is 0.711. The summed E-state index contributed by atoms with van der Waals surface area (Å²) in [6.07, 6.45) is 6.90. The average molecular weight is 374 g/mol. The van der Waals surface area contributed by atoms with E-state index in [-0.39, 0.29) is 29.9 Å². The van der Waals surface area contributed by atoms with Crippen LogP contribution in [0, 0.1) is 12.8 Å². The summed E-state index contributed by atoms with van der Waals surface area (Å²) in [7, 11) is 0. The third-order valence-electron chi connectivity index (χ3n) is 5.85. The standard InChI is InChI=1S/C20H30N4O3/c1-14-13-22-8-3-18(14)27-17-6-11-23(12-7-17)15(2)20(26)24-9-4-16(5-10-24)19(21)25/h3,8,13,15-17H,4-7,9-12H2,1-2H3,(H2,21,25). The first-order valence-electron chi connectivity index (χ1n) is 9.85. The first-order valence-corrected chi connectivity index (χ1v) is 9.85. The Bertz CT molecular complexity index is 665. The lowest BCUT2D eigenvalue weighted by Gasteiger charge is -2.39. The minimum Gasteiger partial charge on any atom is -0.490 e. The first kappa shape index (κ1) is 19.6. The van der Waals surface area contributed by atoms with Crippen LogP contribution in [0.15, 0.2) is 18.5 Å². The Morgan fingerprint density at radius 3 is 2.44 bits per heavy atom. The summed E-state index contributed by atoms with van der Waals surface area (Å²) in [6.45, 7) is 6.92. The van der Waals surface area contributed by atoms with Crippen LogP contribution < -0.4 is 10.5 Å². The third-order valence-corrected chi connectivity index (χ3v) is 5.85. The van der Waals surface area contributed by atoms with Crippen molar-refractivity contribution < 1.29 is 14.3 Å². The summed E-state index contributed by atoms with van der Waals surface area (Å²) in [5, 5.41) is 0. The Labute approximate surface area is 160 Å². The van der Waals surface area contributed by atoms with Crippen molar-refractivity contribution in [3.05, 3.63) is 24.0 Å². The molecule has 1 aromatic rings. The van der Waals surface area contributed by atoms with Gasteiger partial charge in [0.2, 0.25) is 11.8 Å². The number of nitrogens with two attached hydrogens (primary N) is 1. The van der Waals surface area contributed by atoms with Gasteiger partial charge in [-0.2, -0.15) is 0 Å². The van der Waals surface area contributed by atoms with E-state index in [1.54, 1.807) is 6.20 Å². The zero-order chi connectivity index (χ0) is 19.4. The highest BCUT2D eigenvalue weighted by Crippen LogP contribution is 2.23. The van der Waals surface area contributed by atoms with Crippen molar-refractivity contribution in [3.63, 3.8) is 0 Å². The van der Waals surface area contributed by atoms with Crippen LogP contribution in [0.4, 0.5) is 0 Å². The summed E-state index contributed by atoms with van der Waals surface area (Å²) in [4.78, 5) is 32.3. The van der Waals surface area contributed by atoms with Gasteiger partial charge in [0.1, 0.15) is 11.9 Å². The van der Waals surface area contributed by atoms with Crippen molar-refractivity contribution in [2.75, 3.05) is 26.2 Å². The maximum Gasteiger partial charge on any atom is 0.239 e. The summed E-state index contributed by atoms with van der Waals surface area (Å²) >= 11 is 0. The predicted molar refractivity (Wildman–Crippen MR) is 102 cm³/mol. The van der Waals surface area contributed by atoms with Gasteiger partial charge in [0.15, 0.2) is 0 Å². The number of ether oxygens (including phenoxy) is 1. The largest absolute Gasteiger partial charge is 0.490 e. The van der Waals surface area contributed by atoms with Crippen LogP contribution in [0.5, 0.6) is 5.75 Å². The fourth-order valence-electron chi connectivity index (χ4n) is 3.96. The van der Waals surface area contributed by atoms with Crippen LogP contribution in [-0.4, -0.2) is 64.9 Å². The quantitative estimate of drug-likeness (QED) is 0.840. The summed E-state index contributed by atoms with van der Waals surface area (Å²) < 4.78 is 6.12. The van der Waals surface area contributed by atoms with E-state index in [9.17, 15) is 9.59 Å². The van der Waals surface area contributed by atoms with Crippen molar-refractivity contribution in [1.29, 1.82) is 0 Å². The molecule has 2 N–H and O–H groups in total. The number of hydrogen-bond donors (Lipinski definition) is 1. The van der Waals surface area contributed by atoms with Crippen LogP contribution in [0.3, 0.4) is 0 Å². The van der Waals surface area contributed by atoms with E-state index in [0.29, 0.717) is 25.9 Å². The molecule has 2 aliphatic rings. The van der Waals surface area contributed by atoms with E-state index in [0.717, 1.165) is 37.2 Å².